The van der Waals surface area contributed by atoms with Gasteiger partial charge in [-0.05, 0) is 24.0 Å². The number of aliphatic imine (C=N–C) groups is 1. The highest BCUT2D eigenvalue weighted by atomic mass is 32.2. The summed E-state index contributed by atoms with van der Waals surface area (Å²) in [6.45, 7) is 5.61. The van der Waals surface area contributed by atoms with Crippen LogP contribution < -0.4 is 4.90 Å². The van der Waals surface area contributed by atoms with E-state index < -0.39 is 9.84 Å². The average molecular weight is 367 g/mol. The molecule has 2 aliphatic rings. The van der Waals surface area contributed by atoms with Gasteiger partial charge >= 0.3 is 0 Å². The quantitative estimate of drug-likeness (QED) is 0.822. The number of carbonyl (C=O) groups excluding carboxylic acids is 1. The van der Waals surface area contributed by atoms with Gasteiger partial charge in [-0.25, -0.2) is 8.42 Å². The smallest absolute Gasteiger partial charge is 0.244 e. The van der Waals surface area contributed by atoms with Crippen LogP contribution >= 0.6 is 11.8 Å². The number of anilines is 1. The van der Waals surface area contributed by atoms with Crippen molar-refractivity contribution in [2.75, 3.05) is 16.4 Å². The minimum absolute atomic E-state index is 0.0530. The average Bonchev–Trinajstić information content (AvgIpc) is 2.96. The molecule has 2 unspecified atom stereocenters. The number of fused-ring (bicyclic) bond motifs is 1. The molecular weight excluding hydrogens is 344 g/mol. The lowest BCUT2D eigenvalue weighted by Crippen LogP contribution is -2.39. The van der Waals surface area contributed by atoms with Crippen molar-refractivity contribution in [3.63, 3.8) is 0 Å². The molecule has 5 nitrogen and oxygen atoms in total. The normalized spacial score (nSPS) is 26.8. The molecule has 7 heteroatoms. The predicted octanol–water partition coefficient (Wildman–Crippen LogP) is 2.43. The summed E-state index contributed by atoms with van der Waals surface area (Å²) >= 11 is 1.43. The molecule has 2 heterocycles. The van der Waals surface area contributed by atoms with Crippen LogP contribution in [-0.2, 0) is 27.5 Å². The maximum atomic E-state index is 12.1. The van der Waals surface area contributed by atoms with Crippen LogP contribution in [0.3, 0.4) is 0 Å². The van der Waals surface area contributed by atoms with E-state index in [2.05, 4.69) is 31.0 Å². The maximum absolute atomic E-state index is 12.1. The summed E-state index contributed by atoms with van der Waals surface area (Å²) in [5.41, 5.74) is 3.37. The molecule has 0 radical (unpaired) electrons. The standard InChI is InChI=1S/C17H22N2O3S2/c1-4-12-7-6-8-13(5-2)16(12)19-14-9-24(21,22)10-15(14)23-17(19)18-11(3)20/h6-8,14-15H,4-5,9-10H2,1-3H3. The molecule has 3 rings (SSSR count). The zero-order chi connectivity index (χ0) is 17.5. The summed E-state index contributed by atoms with van der Waals surface area (Å²) in [5.74, 6) is 0.0336. The molecule has 0 aliphatic carbocycles. The van der Waals surface area contributed by atoms with E-state index in [4.69, 9.17) is 0 Å². The van der Waals surface area contributed by atoms with Crippen LogP contribution in [0.1, 0.15) is 31.9 Å². The summed E-state index contributed by atoms with van der Waals surface area (Å²) < 4.78 is 24.2. The molecule has 2 saturated heterocycles. The molecule has 1 aromatic rings. The van der Waals surface area contributed by atoms with E-state index in [1.54, 1.807) is 0 Å². The zero-order valence-electron chi connectivity index (χ0n) is 14.2. The van der Waals surface area contributed by atoms with Crippen molar-refractivity contribution in [2.24, 2.45) is 4.99 Å². The van der Waals surface area contributed by atoms with Crippen LogP contribution in [-0.4, -0.2) is 42.3 Å². The predicted molar refractivity (Wildman–Crippen MR) is 99.6 cm³/mol. The minimum Gasteiger partial charge on any atom is -0.315 e. The highest BCUT2D eigenvalue weighted by molar-refractivity contribution is 8.16. The van der Waals surface area contributed by atoms with E-state index in [0.29, 0.717) is 5.17 Å². The first-order valence-corrected chi connectivity index (χ1v) is 10.9. The highest BCUT2D eigenvalue weighted by Gasteiger charge is 2.50. The lowest BCUT2D eigenvalue weighted by Gasteiger charge is -2.29. The van der Waals surface area contributed by atoms with E-state index in [0.717, 1.165) is 29.7 Å². The number of carbonyl (C=O) groups is 1. The van der Waals surface area contributed by atoms with Crippen molar-refractivity contribution in [3.8, 4) is 0 Å². The van der Waals surface area contributed by atoms with Crippen LogP contribution in [0.15, 0.2) is 23.2 Å². The summed E-state index contributed by atoms with van der Waals surface area (Å²) in [4.78, 5) is 17.8. The number of nitrogens with zero attached hydrogens (tertiary/aromatic N) is 2. The Balaban J connectivity index is 2.16. The fourth-order valence-corrected chi connectivity index (χ4v) is 7.43. The second-order valence-electron chi connectivity index (χ2n) is 6.22. The number of sulfone groups is 1. The Morgan fingerprint density at radius 2 is 1.88 bits per heavy atom. The third-order valence-electron chi connectivity index (χ3n) is 4.53. The molecule has 0 saturated carbocycles. The van der Waals surface area contributed by atoms with E-state index in [9.17, 15) is 13.2 Å². The third kappa shape index (κ3) is 3.11. The van der Waals surface area contributed by atoms with Gasteiger partial charge in [-0.3, -0.25) is 4.79 Å². The lowest BCUT2D eigenvalue weighted by molar-refractivity contribution is -0.115. The molecule has 1 aromatic carbocycles. The van der Waals surface area contributed by atoms with Crippen LogP contribution in [0.2, 0.25) is 0 Å². The largest absolute Gasteiger partial charge is 0.315 e. The van der Waals surface area contributed by atoms with E-state index >= 15 is 0 Å². The molecule has 0 aromatic heterocycles. The first-order valence-electron chi connectivity index (χ1n) is 8.22. The van der Waals surface area contributed by atoms with E-state index in [-0.39, 0.29) is 28.7 Å². The first-order chi connectivity index (χ1) is 11.4. The van der Waals surface area contributed by atoms with Crippen molar-refractivity contribution in [1.29, 1.82) is 0 Å². The molecule has 0 N–H and O–H groups in total. The lowest BCUT2D eigenvalue weighted by atomic mass is 10.0. The molecule has 1 amide bonds. The van der Waals surface area contributed by atoms with Crippen LogP contribution in [0.4, 0.5) is 5.69 Å². The molecule has 130 valence electrons. The third-order valence-corrected chi connectivity index (χ3v) is 7.74. The van der Waals surface area contributed by atoms with Crippen molar-refractivity contribution in [3.05, 3.63) is 29.3 Å². The first kappa shape index (κ1) is 17.5. The van der Waals surface area contributed by atoms with Gasteiger partial charge in [0.25, 0.3) is 0 Å². The summed E-state index contributed by atoms with van der Waals surface area (Å²) in [6.07, 6.45) is 1.70. The van der Waals surface area contributed by atoms with Gasteiger partial charge < -0.3 is 4.90 Å². The summed E-state index contributed by atoms with van der Waals surface area (Å²) in [5, 5.41) is 0.589. The fraction of sp³-hybridized carbons (Fsp3) is 0.529. The number of para-hydroxylation sites is 1. The Bertz CT molecular complexity index is 780. The van der Waals surface area contributed by atoms with Crippen molar-refractivity contribution in [1.82, 2.24) is 0 Å². The Hall–Kier alpha value is -1.34. The van der Waals surface area contributed by atoms with Gasteiger partial charge in [-0.15, -0.1) is 0 Å². The van der Waals surface area contributed by atoms with Gasteiger partial charge in [0, 0.05) is 17.9 Å². The monoisotopic (exact) mass is 366 g/mol. The number of thioether (sulfide) groups is 1. The second kappa shape index (κ2) is 6.52. The number of amides is 1. The summed E-state index contributed by atoms with van der Waals surface area (Å²) in [7, 11) is -3.04. The van der Waals surface area contributed by atoms with E-state index in [1.807, 2.05) is 11.0 Å². The van der Waals surface area contributed by atoms with Gasteiger partial charge in [-0.2, -0.15) is 4.99 Å². The van der Waals surface area contributed by atoms with Gasteiger partial charge in [-0.1, -0.05) is 43.8 Å². The van der Waals surface area contributed by atoms with Crippen molar-refractivity contribution >= 4 is 38.4 Å². The van der Waals surface area contributed by atoms with Crippen LogP contribution in [0.25, 0.3) is 0 Å². The number of hydrogen-bond acceptors (Lipinski definition) is 4. The Kier molecular flexibility index (Phi) is 4.75. The number of rotatable bonds is 3. The van der Waals surface area contributed by atoms with Gasteiger partial charge in [0.2, 0.25) is 5.91 Å². The maximum Gasteiger partial charge on any atom is 0.244 e. The van der Waals surface area contributed by atoms with Crippen molar-refractivity contribution in [2.45, 2.75) is 44.9 Å². The molecular formula is C17H22N2O3S2. The molecule has 2 fully saturated rings. The zero-order valence-corrected chi connectivity index (χ0v) is 15.8. The molecule has 2 atom stereocenters. The number of benzene rings is 1. The van der Waals surface area contributed by atoms with Crippen LogP contribution in [0.5, 0.6) is 0 Å². The summed E-state index contributed by atoms with van der Waals surface area (Å²) in [6, 6.07) is 6.04. The van der Waals surface area contributed by atoms with E-state index in [1.165, 1.54) is 18.7 Å². The Labute approximate surface area is 147 Å². The molecule has 2 aliphatic heterocycles. The highest BCUT2D eigenvalue weighted by Crippen LogP contribution is 2.43. The van der Waals surface area contributed by atoms with Crippen molar-refractivity contribution < 1.29 is 13.2 Å². The van der Waals surface area contributed by atoms with Gasteiger partial charge in [0.1, 0.15) is 0 Å². The Morgan fingerprint density at radius 3 is 2.42 bits per heavy atom. The SMILES string of the molecule is CCc1cccc(CC)c1N1C(=NC(C)=O)SC2CS(=O)(=O)CC21. The fourth-order valence-electron chi connectivity index (χ4n) is 3.49. The number of aryl methyl sites for hydroxylation is 2. The van der Waals surface area contributed by atoms with Crippen LogP contribution in [0, 0.1) is 0 Å². The number of amidine groups is 1. The number of hydrogen-bond donors (Lipinski definition) is 0. The Morgan fingerprint density at radius 1 is 1.25 bits per heavy atom. The molecule has 0 bridgehead atoms. The topological polar surface area (TPSA) is 66.8 Å². The van der Waals surface area contributed by atoms with Gasteiger partial charge in [0.15, 0.2) is 15.0 Å². The second-order valence-corrected chi connectivity index (χ2v) is 9.58. The van der Waals surface area contributed by atoms with Gasteiger partial charge in [0.05, 0.1) is 17.5 Å². The molecule has 24 heavy (non-hydrogen) atoms. The molecule has 0 spiro atoms. The minimum atomic E-state index is -3.04.